The number of aliphatic hydroxyl groups excluding tert-OH is 1. The van der Waals surface area contributed by atoms with E-state index in [1.807, 2.05) is 19.1 Å². The summed E-state index contributed by atoms with van der Waals surface area (Å²) in [7, 11) is 0. The number of halogens is 1. The summed E-state index contributed by atoms with van der Waals surface area (Å²) in [6.07, 6.45) is 0.836. The van der Waals surface area contributed by atoms with E-state index >= 15 is 0 Å². The molecular weight excluding hydrogens is 243 g/mol. The van der Waals surface area contributed by atoms with E-state index < -0.39 is 0 Å². The van der Waals surface area contributed by atoms with Crippen LogP contribution in [0.5, 0.6) is 0 Å². The molecule has 4 heteroatoms. The third kappa shape index (κ3) is 5.27. The van der Waals surface area contributed by atoms with Crippen molar-refractivity contribution >= 4 is 0 Å². The Morgan fingerprint density at radius 1 is 1.26 bits per heavy atom. The van der Waals surface area contributed by atoms with E-state index in [9.17, 15) is 4.39 Å². The second-order valence-electron chi connectivity index (χ2n) is 4.58. The third-order valence-corrected chi connectivity index (χ3v) is 3.33. The Bertz CT molecular complexity index is 360. The molecule has 1 unspecified atom stereocenters. The van der Waals surface area contributed by atoms with Crippen LogP contribution >= 0.6 is 0 Å². The summed E-state index contributed by atoms with van der Waals surface area (Å²) >= 11 is 0. The number of aliphatic hydroxyl groups is 1. The summed E-state index contributed by atoms with van der Waals surface area (Å²) < 4.78 is 13.8. The van der Waals surface area contributed by atoms with Crippen molar-refractivity contribution in [3.8, 4) is 0 Å². The van der Waals surface area contributed by atoms with E-state index in [-0.39, 0.29) is 18.5 Å². The SMILES string of the molecule is CCNC(CCN(CC)CCO)c1ccccc1F. The fraction of sp³-hybridized carbons (Fsp3) is 0.600. The minimum atomic E-state index is -0.154. The molecule has 0 spiro atoms. The lowest BCUT2D eigenvalue weighted by atomic mass is 10.0. The van der Waals surface area contributed by atoms with Crippen LogP contribution in [0, 0.1) is 5.82 Å². The van der Waals surface area contributed by atoms with Crippen LogP contribution in [0.3, 0.4) is 0 Å². The zero-order valence-electron chi connectivity index (χ0n) is 11.9. The highest BCUT2D eigenvalue weighted by Crippen LogP contribution is 2.20. The van der Waals surface area contributed by atoms with E-state index in [1.165, 1.54) is 6.07 Å². The largest absolute Gasteiger partial charge is 0.395 e. The van der Waals surface area contributed by atoms with Gasteiger partial charge in [-0.1, -0.05) is 32.0 Å². The van der Waals surface area contributed by atoms with Crippen LogP contribution in [0.25, 0.3) is 0 Å². The van der Waals surface area contributed by atoms with Gasteiger partial charge in [-0.2, -0.15) is 0 Å². The Balaban J connectivity index is 2.65. The van der Waals surface area contributed by atoms with Gasteiger partial charge in [0.25, 0.3) is 0 Å². The molecule has 0 aliphatic rings. The smallest absolute Gasteiger partial charge is 0.127 e. The van der Waals surface area contributed by atoms with Gasteiger partial charge in [-0.05, 0) is 25.6 Å². The van der Waals surface area contributed by atoms with Gasteiger partial charge in [0, 0.05) is 24.7 Å². The molecule has 0 saturated carbocycles. The van der Waals surface area contributed by atoms with Gasteiger partial charge in [0.15, 0.2) is 0 Å². The van der Waals surface area contributed by atoms with Gasteiger partial charge < -0.3 is 15.3 Å². The van der Waals surface area contributed by atoms with Gasteiger partial charge in [0.1, 0.15) is 5.82 Å². The van der Waals surface area contributed by atoms with Crippen molar-refractivity contribution in [1.29, 1.82) is 0 Å². The third-order valence-electron chi connectivity index (χ3n) is 3.33. The molecule has 0 fully saturated rings. The van der Waals surface area contributed by atoms with Gasteiger partial charge in [0.2, 0.25) is 0 Å². The Morgan fingerprint density at radius 3 is 2.58 bits per heavy atom. The van der Waals surface area contributed by atoms with Crippen LogP contribution in [0.15, 0.2) is 24.3 Å². The standard InChI is InChI=1S/C15H25FN2O/c1-3-17-15(9-10-18(4-2)11-12-19)13-7-5-6-8-14(13)16/h5-8,15,17,19H,3-4,9-12H2,1-2H3. The molecule has 1 atom stereocenters. The lowest BCUT2D eigenvalue weighted by Gasteiger charge is -2.24. The maximum atomic E-state index is 13.8. The average Bonchev–Trinajstić information content (AvgIpc) is 2.42. The lowest BCUT2D eigenvalue weighted by Crippen LogP contribution is -2.31. The van der Waals surface area contributed by atoms with Crippen molar-refractivity contribution in [2.75, 3.05) is 32.8 Å². The Morgan fingerprint density at radius 2 is 2.00 bits per heavy atom. The first-order valence-electron chi connectivity index (χ1n) is 7.03. The molecule has 1 aromatic rings. The summed E-state index contributed by atoms with van der Waals surface area (Å²) in [6.45, 7) is 7.50. The van der Waals surface area contributed by atoms with Crippen molar-refractivity contribution in [3.05, 3.63) is 35.6 Å². The Kier molecular flexibility index (Phi) is 7.63. The molecule has 0 aliphatic heterocycles. The number of benzene rings is 1. The monoisotopic (exact) mass is 268 g/mol. The summed E-state index contributed by atoms with van der Waals surface area (Å²) in [5, 5.41) is 12.3. The van der Waals surface area contributed by atoms with E-state index in [2.05, 4.69) is 17.1 Å². The highest BCUT2D eigenvalue weighted by atomic mass is 19.1. The first kappa shape index (κ1) is 16.1. The number of rotatable bonds is 9. The molecule has 0 aromatic heterocycles. The second kappa shape index (κ2) is 9.02. The van der Waals surface area contributed by atoms with Crippen LogP contribution in [-0.2, 0) is 0 Å². The molecule has 1 aromatic carbocycles. The molecule has 1 rings (SSSR count). The molecule has 108 valence electrons. The van der Waals surface area contributed by atoms with Crippen LogP contribution in [0.2, 0.25) is 0 Å². The van der Waals surface area contributed by atoms with E-state index in [4.69, 9.17) is 5.11 Å². The average molecular weight is 268 g/mol. The van der Waals surface area contributed by atoms with Crippen LogP contribution in [0.1, 0.15) is 31.9 Å². The molecule has 0 heterocycles. The first-order chi connectivity index (χ1) is 9.22. The molecule has 0 amide bonds. The number of hydrogen-bond acceptors (Lipinski definition) is 3. The Hall–Kier alpha value is -0.970. The maximum Gasteiger partial charge on any atom is 0.127 e. The second-order valence-corrected chi connectivity index (χ2v) is 4.58. The lowest BCUT2D eigenvalue weighted by molar-refractivity contribution is 0.195. The van der Waals surface area contributed by atoms with Crippen molar-refractivity contribution in [2.45, 2.75) is 26.3 Å². The van der Waals surface area contributed by atoms with Crippen molar-refractivity contribution in [1.82, 2.24) is 10.2 Å². The van der Waals surface area contributed by atoms with Gasteiger partial charge in [-0.25, -0.2) is 4.39 Å². The number of likely N-dealkylation sites (N-methyl/N-ethyl adjacent to an activating group) is 1. The maximum absolute atomic E-state index is 13.8. The predicted molar refractivity (Wildman–Crippen MR) is 76.6 cm³/mol. The van der Waals surface area contributed by atoms with Gasteiger partial charge in [-0.15, -0.1) is 0 Å². The number of hydrogen-bond donors (Lipinski definition) is 2. The summed E-state index contributed by atoms with van der Waals surface area (Å²) in [5.41, 5.74) is 0.726. The zero-order valence-corrected chi connectivity index (χ0v) is 11.9. The highest BCUT2D eigenvalue weighted by molar-refractivity contribution is 5.21. The zero-order chi connectivity index (χ0) is 14.1. The van der Waals surface area contributed by atoms with Gasteiger partial charge in [-0.3, -0.25) is 0 Å². The molecule has 0 aliphatic carbocycles. The van der Waals surface area contributed by atoms with E-state index in [0.717, 1.165) is 31.6 Å². The van der Waals surface area contributed by atoms with Gasteiger partial charge in [0.05, 0.1) is 6.61 Å². The van der Waals surface area contributed by atoms with Gasteiger partial charge >= 0.3 is 0 Å². The summed E-state index contributed by atoms with van der Waals surface area (Å²) in [4.78, 5) is 2.17. The van der Waals surface area contributed by atoms with E-state index in [0.29, 0.717) is 6.54 Å². The minimum Gasteiger partial charge on any atom is -0.395 e. The quantitative estimate of drug-likeness (QED) is 0.720. The summed E-state index contributed by atoms with van der Waals surface area (Å²) in [6, 6.07) is 6.95. The first-order valence-corrected chi connectivity index (χ1v) is 7.03. The normalized spacial score (nSPS) is 12.9. The number of nitrogens with zero attached hydrogens (tertiary/aromatic N) is 1. The molecule has 0 bridgehead atoms. The molecule has 2 N–H and O–H groups in total. The molecule has 19 heavy (non-hydrogen) atoms. The van der Waals surface area contributed by atoms with Crippen molar-refractivity contribution in [2.24, 2.45) is 0 Å². The fourth-order valence-corrected chi connectivity index (χ4v) is 2.25. The van der Waals surface area contributed by atoms with Crippen molar-refractivity contribution in [3.63, 3.8) is 0 Å². The number of nitrogens with one attached hydrogen (secondary N) is 1. The minimum absolute atomic E-state index is 0.0268. The fourth-order valence-electron chi connectivity index (χ4n) is 2.25. The molecule has 3 nitrogen and oxygen atoms in total. The van der Waals surface area contributed by atoms with Crippen LogP contribution in [-0.4, -0.2) is 42.8 Å². The summed E-state index contributed by atoms with van der Waals surface area (Å²) in [5.74, 6) is -0.154. The highest BCUT2D eigenvalue weighted by Gasteiger charge is 2.15. The van der Waals surface area contributed by atoms with E-state index in [1.54, 1.807) is 6.07 Å². The molecule has 0 saturated heterocycles. The predicted octanol–water partition coefficient (Wildman–Crippen LogP) is 2.18. The Labute approximate surface area is 115 Å². The van der Waals surface area contributed by atoms with Crippen molar-refractivity contribution < 1.29 is 9.50 Å². The molecule has 0 radical (unpaired) electrons. The topological polar surface area (TPSA) is 35.5 Å². The van der Waals surface area contributed by atoms with Crippen LogP contribution < -0.4 is 5.32 Å². The van der Waals surface area contributed by atoms with Crippen LogP contribution in [0.4, 0.5) is 4.39 Å². The molecular formula is C15H25FN2O.